The van der Waals surface area contributed by atoms with Gasteiger partial charge in [0, 0.05) is 11.5 Å². The minimum absolute atomic E-state index is 0.0282. The highest BCUT2D eigenvalue weighted by molar-refractivity contribution is 5.83. The van der Waals surface area contributed by atoms with Crippen molar-refractivity contribution < 1.29 is 9.59 Å². The van der Waals surface area contributed by atoms with Crippen LogP contribution in [0.25, 0.3) is 0 Å². The molecule has 1 aliphatic heterocycles. The second-order valence-corrected chi connectivity index (χ2v) is 4.37. The molecular weight excluding hydrogens is 218 g/mol. The number of carbonyl (C=O) groups is 2. The van der Waals surface area contributed by atoms with Crippen LogP contribution in [-0.2, 0) is 9.59 Å². The molecule has 2 N–H and O–H groups in total. The molecule has 2 rings (SSSR count). The van der Waals surface area contributed by atoms with Crippen LogP contribution < -0.4 is 10.6 Å². The fraction of sp³-hybridized carbons (Fsp3) is 0.750. The molecule has 94 valence electrons. The monoisotopic (exact) mass is 237 g/mol. The van der Waals surface area contributed by atoms with Crippen molar-refractivity contribution in [1.82, 2.24) is 10.6 Å². The van der Waals surface area contributed by atoms with Gasteiger partial charge in [0.2, 0.25) is 12.3 Å². The van der Waals surface area contributed by atoms with Crippen molar-refractivity contribution in [3.63, 3.8) is 0 Å². The third kappa shape index (κ3) is 3.19. The molecule has 2 aliphatic rings. The summed E-state index contributed by atoms with van der Waals surface area (Å²) in [5.41, 5.74) is 0.0446. The van der Waals surface area contributed by atoms with Crippen molar-refractivity contribution in [3.8, 4) is 6.07 Å². The quantitative estimate of drug-likeness (QED) is 0.706. The minimum atomic E-state index is -0.549. The molecule has 2 amide bonds. The Balaban J connectivity index is 0.000000686. The van der Waals surface area contributed by atoms with Gasteiger partial charge >= 0.3 is 0 Å². The first-order valence-corrected chi connectivity index (χ1v) is 6.10. The molecule has 17 heavy (non-hydrogen) atoms. The third-order valence-corrected chi connectivity index (χ3v) is 3.20. The molecule has 0 aromatic carbocycles. The van der Waals surface area contributed by atoms with Crippen molar-refractivity contribution in [2.24, 2.45) is 5.92 Å². The van der Waals surface area contributed by atoms with Gasteiger partial charge in [0.15, 0.2) is 0 Å². The average molecular weight is 237 g/mol. The Labute approximate surface area is 102 Å². The Morgan fingerprint density at radius 2 is 2.29 bits per heavy atom. The van der Waals surface area contributed by atoms with Gasteiger partial charge in [-0.1, -0.05) is 13.8 Å². The maximum atomic E-state index is 11.5. The smallest absolute Gasteiger partial charge is 0.223 e. The minimum Gasteiger partial charge on any atom is -0.350 e. The molecule has 0 bridgehead atoms. The van der Waals surface area contributed by atoms with Gasteiger partial charge in [-0.15, -0.1) is 0 Å². The second-order valence-electron chi connectivity index (χ2n) is 4.37. The van der Waals surface area contributed by atoms with Gasteiger partial charge in [0.1, 0.15) is 6.04 Å². The van der Waals surface area contributed by atoms with Crippen LogP contribution in [0.5, 0.6) is 0 Å². The number of nitriles is 1. The number of rotatable bonds is 4. The standard InChI is InChI=1S/C10H13N3O2.C2H6/c11-5-8(12-6-14)3-7-4-10(1-2-10)13-9(7)15;1-2/h6-8H,1-4H2,(H,12,14)(H,13,15);1-2H3. The fourth-order valence-corrected chi connectivity index (χ4v) is 2.17. The van der Waals surface area contributed by atoms with Crippen LogP contribution in [0, 0.1) is 17.2 Å². The van der Waals surface area contributed by atoms with E-state index in [0.717, 1.165) is 19.3 Å². The molecule has 2 unspecified atom stereocenters. The molecule has 5 nitrogen and oxygen atoms in total. The van der Waals surface area contributed by atoms with E-state index >= 15 is 0 Å². The van der Waals surface area contributed by atoms with E-state index < -0.39 is 6.04 Å². The molecule has 0 aromatic rings. The summed E-state index contributed by atoms with van der Waals surface area (Å²) >= 11 is 0. The molecule has 1 saturated carbocycles. The molecule has 1 heterocycles. The van der Waals surface area contributed by atoms with Crippen LogP contribution in [0.4, 0.5) is 0 Å². The van der Waals surface area contributed by atoms with Crippen LogP contribution in [0.1, 0.15) is 39.5 Å². The Kier molecular flexibility index (Phi) is 4.50. The van der Waals surface area contributed by atoms with Crippen LogP contribution in [0.3, 0.4) is 0 Å². The zero-order valence-electron chi connectivity index (χ0n) is 10.3. The topological polar surface area (TPSA) is 82.0 Å². The molecule has 2 atom stereocenters. The van der Waals surface area contributed by atoms with Gasteiger partial charge in [-0.25, -0.2) is 0 Å². The summed E-state index contributed by atoms with van der Waals surface area (Å²) in [6.45, 7) is 4.00. The Morgan fingerprint density at radius 1 is 1.65 bits per heavy atom. The maximum Gasteiger partial charge on any atom is 0.223 e. The zero-order chi connectivity index (χ0) is 12.9. The van der Waals surface area contributed by atoms with E-state index in [9.17, 15) is 9.59 Å². The van der Waals surface area contributed by atoms with Crippen LogP contribution in [0.2, 0.25) is 0 Å². The normalized spacial score (nSPS) is 25.0. The second kappa shape index (κ2) is 5.67. The van der Waals surface area contributed by atoms with E-state index in [2.05, 4.69) is 10.6 Å². The fourth-order valence-electron chi connectivity index (χ4n) is 2.17. The molecule has 1 aliphatic carbocycles. The van der Waals surface area contributed by atoms with Crippen LogP contribution in [0.15, 0.2) is 0 Å². The van der Waals surface area contributed by atoms with Crippen molar-refractivity contribution in [3.05, 3.63) is 0 Å². The van der Waals surface area contributed by atoms with Gasteiger partial charge in [0.25, 0.3) is 0 Å². The van der Waals surface area contributed by atoms with Crippen molar-refractivity contribution >= 4 is 12.3 Å². The van der Waals surface area contributed by atoms with Crippen molar-refractivity contribution in [1.29, 1.82) is 5.26 Å². The molecule has 0 radical (unpaired) electrons. The van der Waals surface area contributed by atoms with Gasteiger partial charge in [0.05, 0.1) is 6.07 Å². The molecule has 1 spiro atoms. The maximum absolute atomic E-state index is 11.5. The number of carbonyl (C=O) groups excluding carboxylic acids is 2. The van der Waals surface area contributed by atoms with E-state index in [0.29, 0.717) is 12.8 Å². The molecule has 5 heteroatoms. The highest BCUT2D eigenvalue weighted by Crippen LogP contribution is 2.46. The molecule has 0 aromatic heterocycles. The Hall–Kier alpha value is -1.57. The summed E-state index contributed by atoms with van der Waals surface area (Å²) in [5, 5.41) is 14.1. The first-order valence-electron chi connectivity index (χ1n) is 6.10. The van der Waals surface area contributed by atoms with E-state index in [4.69, 9.17) is 5.26 Å². The highest BCUT2D eigenvalue weighted by atomic mass is 16.2. The van der Waals surface area contributed by atoms with Crippen molar-refractivity contribution in [2.75, 3.05) is 0 Å². The molecular formula is C12H19N3O2. The first kappa shape index (κ1) is 13.5. The SMILES string of the molecule is CC.N#CC(CC1CC2(CC2)NC1=O)NC=O. The lowest BCUT2D eigenvalue weighted by Crippen LogP contribution is -2.31. The first-order chi connectivity index (χ1) is 8.19. The van der Waals surface area contributed by atoms with E-state index in [1.807, 2.05) is 19.9 Å². The number of amides is 2. The lowest BCUT2D eigenvalue weighted by molar-refractivity contribution is -0.123. The molecule has 1 saturated heterocycles. The van der Waals surface area contributed by atoms with E-state index in [-0.39, 0.29) is 17.4 Å². The van der Waals surface area contributed by atoms with Crippen LogP contribution in [-0.4, -0.2) is 23.9 Å². The summed E-state index contributed by atoms with van der Waals surface area (Å²) in [6.07, 6.45) is 3.84. The summed E-state index contributed by atoms with van der Waals surface area (Å²) in [5.74, 6) is -0.0925. The predicted molar refractivity (Wildman–Crippen MR) is 62.8 cm³/mol. The Bertz CT molecular complexity index is 331. The Morgan fingerprint density at radius 3 is 2.71 bits per heavy atom. The van der Waals surface area contributed by atoms with Gasteiger partial charge < -0.3 is 10.6 Å². The van der Waals surface area contributed by atoms with Gasteiger partial charge in [-0.2, -0.15) is 5.26 Å². The van der Waals surface area contributed by atoms with Crippen LogP contribution >= 0.6 is 0 Å². The number of nitrogens with zero attached hydrogens (tertiary/aromatic N) is 1. The average Bonchev–Trinajstić information content (AvgIpc) is 3.01. The number of hydrogen-bond acceptors (Lipinski definition) is 3. The largest absolute Gasteiger partial charge is 0.350 e. The van der Waals surface area contributed by atoms with E-state index in [1.54, 1.807) is 0 Å². The summed E-state index contributed by atoms with van der Waals surface area (Å²) < 4.78 is 0. The van der Waals surface area contributed by atoms with Crippen molar-refractivity contribution in [2.45, 2.75) is 51.1 Å². The summed E-state index contributed by atoms with van der Waals surface area (Å²) in [6, 6.07) is 1.43. The highest BCUT2D eigenvalue weighted by Gasteiger charge is 2.52. The number of hydrogen-bond donors (Lipinski definition) is 2. The zero-order valence-corrected chi connectivity index (χ0v) is 10.3. The van der Waals surface area contributed by atoms with E-state index in [1.165, 1.54) is 0 Å². The summed E-state index contributed by atoms with van der Waals surface area (Å²) in [7, 11) is 0. The lowest BCUT2D eigenvalue weighted by Gasteiger charge is -2.11. The molecule has 2 fully saturated rings. The third-order valence-electron chi connectivity index (χ3n) is 3.20. The van der Waals surface area contributed by atoms with Gasteiger partial charge in [-0.3, -0.25) is 9.59 Å². The number of nitrogens with one attached hydrogen (secondary N) is 2. The van der Waals surface area contributed by atoms with Gasteiger partial charge in [-0.05, 0) is 25.7 Å². The summed E-state index contributed by atoms with van der Waals surface area (Å²) in [4.78, 5) is 21.8. The lowest BCUT2D eigenvalue weighted by atomic mass is 9.96. The predicted octanol–water partition coefficient (Wildman–Crippen LogP) is 0.710.